The Bertz CT molecular complexity index is 657. The summed E-state index contributed by atoms with van der Waals surface area (Å²) in [5.41, 5.74) is 1.68. The van der Waals surface area contributed by atoms with Gasteiger partial charge in [0.05, 0.1) is 11.7 Å². The van der Waals surface area contributed by atoms with Crippen LogP contribution in [0.5, 0.6) is 0 Å². The number of nitrogens with one attached hydrogen (secondary N) is 1. The third kappa shape index (κ3) is 4.28. The lowest BCUT2D eigenvalue weighted by atomic mass is 10.0. The summed E-state index contributed by atoms with van der Waals surface area (Å²) >= 11 is 7.48. The van der Waals surface area contributed by atoms with E-state index in [2.05, 4.69) is 33.7 Å². The highest BCUT2D eigenvalue weighted by Crippen LogP contribution is 2.27. The Morgan fingerprint density at radius 2 is 2.04 bits per heavy atom. The van der Waals surface area contributed by atoms with E-state index in [1.165, 1.54) is 0 Å². The molecule has 1 atom stereocenters. The number of aryl methyl sites for hydroxylation is 1. The predicted octanol–water partition coefficient (Wildman–Crippen LogP) is 3.31. The number of halogens is 1. The molecule has 0 unspecified atom stereocenters. The lowest BCUT2D eigenvalue weighted by Crippen LogP contribution is -2.38. The Hall–Kier alpha value is -1.50. The zero-order valence-electron chi connectivity index (χ0n) is 13.5. The van der Waals surface area contributed by atoms with Crippen molar-refractivity contribution in [1.82, 2.24) is 19.8 Å². The second kappa shape index (κ2) is 8.38. The molecule has 2 aromatic rings. The van der Waals surface area contributed by atoms with Gasteiger partial charge < -0.3 is 5.32 Å². The number of nitrogens with zero attached hydrogens (tertiary/aromatic N) is 3. The van der Waals surface area contributed by atoms with Crippen molar-refractivity contribution < 1.29 is 4.79 Å². The molecule has 0 radical (unpaired) electrons. The van der Waals surface area contributed by atoms with Gasteiger partial charge >= 0.3 is 0 Å². The first-order valence-corrected chi connectivity index (χ1v) is 8.79. The Morgan fingerprint density at radius 3 is 2.61 bits per heavy atom. The second-order valence-electron chi connectivity index (χ2n) is 5.16. The maximum Gasteiger partial charge on any atom is 0.265 e. The van der Waals surface area contributed by atoms with Crippen LogP contribution in [-0.2, 0) is 0 Å². The number of carbonyl (C=O) groups excluding carboxylic acids is 1. The van der Waals surface area contributed by atoms with E-state index in [4.69, 9.17) is 11.6 Å². The molecule has 7 heteroatoms. The molecule has 1 aromatic carbocycles. The fraction of sp³-hybridized carbons (Fsp3) is 0.438. The first-order valence-electron chi connectivity index (χ1n) is 7.64. The monoisotopic (exact) mass is 352 g/mol. The van der Waals surface area contributed by atoms with Crippen LogP contribution in [0.1, 0.15) is 40.8 Å². The lowest BCUT2D eigenvalue weighted by molar-refractivity contribution is 0.0938. The molecule has 0 spiro atoms. The first-order chi connectivity index (χ1) is 11.1. The molecule has 1 aromatic heterocycles. The SMILES string of the molecule is CCN(CC)[C@H](CNC(=O)c1snnc1C)c1ccccc1Cl. The molecule has 0 aliphatic heterocycles. The van der Waals surface area contributed by atoms with Gasteiger partial charge in [-0.25, -0.2) is 0 Å². The van der Waals surface area contributed by atoms with E-state index < -0.39 is 0 Å². The van der Waals surface area contributed by atoms with E-state index >= 15 is 0 Å². The number of carbonyl (C=O) groups is 1. The molecule has 0 bridgehead atoms. The van der Waals surface area contributed by atoms with Crippen LogP contribution in [0, 0.1) is 6.92 Å². The normalized spacial score (nSPS) is 12.4. The second-order valence-corrected chi connectivity index (χ2v) is 6.32. The van der Waals surface area contributed by atoms with Crippen molar-refractivity contribution >= 4 is 29.0 Å². The average molecular weight is 353 g/mol. The number of hydrogen-bond donors (Lipinski definition) is 1. The van der Waals surface area contributed by atoms with Crippen molar-refractivity contribution in [3.63, 3.8) is 0 Å². The number of likely N-dealkylation sites (N-methyl/N-ethyl adjacent to an activating group) is 1. The number of aromatic nitrogens is 2. The molecule has 0 aliphatic rings. The quantitative estimate of drug-likeness (QED) is 0.830. The number of benzene rings is 1. The molecular weight excluding hydrogens is 332 g/mol. The first kappa shape index (κ1) is 17.8. The van der Waals surface area contributed by atoms with Gasteiger partial charge in [-0.05, 0) is 43.2 Å². The third-order valence-electron chi connectivity index (χ3n) is 3.83. The van der Waals surface area contributed by atoms with Gasteiger partial charge in [0, 0.05) is 11.6 Å². The standard InChI is InChI=1S/C16H21ClN4OS/c1-4-21(5-2)14(12-8-6-7-9-13(12)17)10-18-16(22)15-11(3)19-20-23-15/h6-9,14H,4-5,10H2,1-3H3,(H,18,22)/t14-/m1/s1. The number of rotatable bonds is 7. The topological polar surface area (TPSA) is 58.1 Å². The molecule has 0 saturated carbocycles. The molecule has 23 heavy (non-hydrogen) atoms. The molecular formula is C16H21ClN4OS. The van der Waals surface area contributed by atoms with Crippen molar-refractivity contribution in [1.29, 1.82) is 0 Å². The van der Waals surface area contributed by atoms with E-state index in [1.807, 2.05) is 24.3 Å². The summed E-state index contributed by atoms with van der Waals surface area (Å²) in [4.78, 5) is 15.1. The molecule has 124 valence electrons. The largest absolute Gasteiger partial charge is 0.349 e. The van der Waals surface area contributed by atoms with Gasteiger partial charge in [-0.1, -0.05) is 48.1 Å². The Labute approximate surface area is 145 Å². The highest BCUT2D eigenvalue weighted by atomic mass is 35.5. The Morgan fingerprint density at radius 1 is 1.35 bits per heavy atom. The molecule has 5 nitrogen and oxygen atoms in total. The Kier molecular flexibility index (Phi) is 6.50. The summed E-state index contributed by atoms with van der Waals surface area (Å²) in [6.45, 7) is 8.24. The molecule has 1 heterocycles. The summed E-state index contributed by atoms with van der Waals surface area (Å²) in [7, 11) is 0. The van der Waals surface area contributed by atoms with Gasteiger partial charge in [-0.15, -0.1) is 5.10 Å². The minimum atomic E-state index is -0.137. The van der Waals surface area contributed by atoms with Gasteiger partial charge in [-0.3, -0.25) is 9.69 Å². The summed E-state index contributed by atoms with van der Waals surface area (Å²) in [6, 6.07) is 7.81. The maximum atomic E-state index is 12.3. The van der Waals surface area contributed by atoms with Crippen LogP contribution in [0.2, 0.25) is 5.02 Å². The van der Waals surface area contributed by atoms with Gasteiger partial charge in [0.2, 0.25) is 0 Å². The highest BCUT2D eigenvalue weighted by molar-refractivity contribution is 7.07. The van der Waals surface area contributed by atoms with Crippen molar-refractivity contribution in [3.05, 3.63) is 45.4 Å². The van der Waals surface area contributed by atoms with Crippen LogP contribution in [-0.4, -0.2) is 40.0 Å². The summed E-state index contributed by atoms with van der Waals surface area (Å²) in [5.74, 6) is -0.137. The molecule has 1 amide bonds. The Balaban J connectivity index is 2.17. The molecule has 0 saturated heterocycles. The highest BCUT2D eigenvalue weighted by Gasteiger charge is 2.22. The van der Waals surface area contributed by atoms with E-state index in [1.54, 1.807) is 6.92 Å². The van der Waals surface area contributed by atoms with Crippen molar-refractivity contribution in [2.24, 2.45) is 0 Å². The van der Waals surface area contributed by atoms with Crippen LogP contribution in [0.4, 0.5) is 0 Å². The molecule has 1 N–H and O–H groups in total. The van der Waals surface area contributed by atoms with Crippen LogP contribution in [0.3, 0.4) is 0 Å². The smallest absolute Gasteiger partial charge is 0.265 e. The number of hydrogen-bond acceptors (Lipinski definition) is 5. The third-order valence-corrected chi connectivity index (χ3v) is 5.00. The van der Waals surface area contributed by atoms with Gasteiger partial charge in [-0.2, -0.15) is 0 Å². The minimum Gasteiger partial charge on any atom is -0.349 e. The van der Waals surface area contributed by atoms with Gasteiger partial charge in [0.1, 0.15) is 4.88 Å². The zero-order valence-corrected chi connectivity index (χ0v) is 15.1. The zero-order chi connectivity index (χ0) is 16.8. The van der Waals surface area contributed by atoms with E-state index in [0.717, 1.165) is 30.2 Å². The molecule has 0 aliphatic carbocycles. The van der Waals surface area contributed by atoms with Crippen LogP contribution in [0.25, 0.3) is 0 Å². The fourth-order valence-electron chi connectivity index (χ4n) is 2.55. The van der Waals surface area contributed by atoms with Crippen molar-refractivity contribution in [3.8, 4) is 0 Å². The van der Waals surface area contributed by atoms with Crippen LogP contribution >= 0.6 is 23.1 Å². The minimum absolute atomic E-state index is 0.0313. The summed E-state index contributed by atoms with van der Waals surface area (Å²) < 4.78 is 3.81. The summed E-state index contributed by atoms with van der Waals surface area (Å²) in [6.07, 6.45) is 0. The van der Waals surface area contributed by atoms with E-state index in [9.17, 15) is 4.79 Å². The fourth-order valence-corrected chi connectivity index (χ4v) is 3.39. The maximum absolute atomic E-state index is 12.3. The predicted molar refractivity (Wildman–Crippen MR) is 94.1 cm³/mol. The van der Waals surface area contributed by atoms with Crippen LogP contribution < -0.4 is 5.32 Å². The van der Waals surface area contributed by atoms with E-state index in [-0.39, 0.29) is 11.9 Å². The average Bonchev–Trinajstić information content (AvgIpc) is 2.98. The van der Waals surface area contributed by atoms with Gasteiger partial charge in [0.25, 0.3) is 5.91 Å². The van der Waals surface area contributed by atoms with E-state index in [0.29, 0.717) is 22.1 Å². The van der Waals surface area contributed by atoms with Crippen molar-refractivity contribution in [2.45, 2.75) is 26.8 Å². The van der Waals surface area contributed by atoms with Gasteiger partial charge in [0.15, 0.2) is 0 Å². The van der Waals surface area contributed by atoms with Crippen LogP contribution in [0.15, 0.2) is 24.3 Å². The molecule has 0 fully saturated rings. The number of amides is 1. The lowest BCUT2D eigenvalue weighted by Gasteiger charge is -2.30. The van der Waals surface area contributed by atoms with Crippen molar-refractivity contribution in [2.75, 3.05) is 19.6 Å². The summed E-state index contributed by atoms with van der Waals surface area (Å²) in [5, 5.41) is 7.59. The molecule has 2 rings (SSSR count).